The van der Waals surface area contributed by atoms with Crippen molar-refractivity contribution >= 4 is 5.91 Å². The molecule has 0 fully saturated rings. The largest absolute Gasteiger partial charge is 0.508 e. The van der Waals surface area contributed by atoms with Crippen LogP contribution in [0.15, 0.2) is 36.4 Å². The number of halogens is 2. The molecule has 0 heterocycles. The predicted molar refractivity (Wildman–Crippen MR) is 67.3 cm³/mol. The molecule has 4 nitrogen and oxygen atoms in total. The van der Waals surface area contributed by atoms with E-state index in [0.717, 1.165) is 12.1 Å². The van der Waals surface area contributed by atoms with Gasteiger partial charge in [0.2, 0.25) is 0 Å². The Labute approximate surface area is 113 Å². The van der Waals surface area contributed by atoms with Crippen LogP contribution in [0.4, 0.5) is 8.78 Å². The molecule has 104 valence electrons. The molecule has 2 aromatic carbocycles. The number of amides is 1. The summed E-state index contributed by atoms with van der Waals surface area (Å²) in [7, 11) is 0. The lowest BCUT2D eigenvalue weighted by molar-refractivity contribution is 0.0947. The molecule has 0 saturated carbocycles. The van der Waals surface area contributed by atoms with Gasteiger partial charge in [-0.15, -0.1) is 0 Å². The summed E-state index contributed by atoms with van der Waals surface area (Å²) in [6, 6.07) is 6.50. The van der Waals surface area contributed by atoms with E-state index in [1.54, 1.807) is 0 Å². The normalized spacial score (nSPS) is 10.3. The fourth-order valence-electron chi connectivity index (χ4n) is 1.64. The van der Waals surface area contributed by atoms with Gasteiger partial charge < -0.3 is 15.5 Å². The van der Waals surface area contributed by atoms with E-state index in [1.165, 1.54) is 18.2 Å². The molecule has 0 atom stereocenters. The van der Waals surface area contributed by atoms with Crippen LogP contribution in [-0.2, 0) is 6.54 Å². The maximum absolute atomic E-state index is 13.4. The molecule has 0 radical (unpaired) electrons. The number of carbonyl (C=O) groups is 1. The first-order chi connectivity index (χ1) is 9.47. The van der Waals surface area contributed by atoms with Crippen LogP contribution in [-0.4, -0.2) is 16.1 Å². The molecule has 1 amide bonds. The zero-order valence-electron chi connectivity index (χ0n) is 10.2. The summed E-state index contributed by atoms with van der Waals surface area (Å²) in [5.41, 5.74) is -0.0214. The Hall–Kier alpha value is -2.63. The molecule has 0 spiro atoms. The molecule has 0 saturated heterocycles. The lowest BCUT2D eigenvalue weighted by Gasteiger charge is -2.08. The van der Waals surface area contributed by atoms with Crippen molar-refractivity contribution in [1.29, 1.82) is 0 Å². The van der Waals surface area contributed by atoms with Crippen LogP contribution in [0.3, 0.4) is 0 Å². The van der Waals surface area contributed by atoms with Gasteiger partial charge in [-0.1, -0.05) is 6.07 Å². The first-order valence-electron chi connectivity index (χ1n) is 5.71. The number of phenols is 2. The molecule has 6 heteroatoms. The highest BCUT2D eigenvalue weighted by Gasteiger charge is 2.12. The average Bonchev–Trinajstić information content (AvgIpc) is 2.40. The predicted octanol–water partition coefficient (Wildman–Crippen LogP) is 2.31. The van der Waals surface area contributed by atoms with Crippen molar-refractivity contribution in [3.63, 3.8) is 0 Å². The van der Waals surface area contributed by atoms with Gasteiger partial charge in [0, 0.05) is 18.2 Å². The second-order valence-electron chi connectivity index (χ2n) is 4.12. The molecule has 0 aliphatic rings. The van der Waals surface area contributed by atoms with Gasteiger partial charge in [-0.25, -0.2) is 8.78 Å². The maximum Gasteiger partial charge on any atom is 0.255 e. The summed E-state index contributed by atoms with van der Waals surface area (Å²) in [4.78, 5) is 11.8. The smallest absolute Gasteiger partial charge is 0.255 e. The molecule has 0 unspecified atom stereocenters. The highest BCUT2D eigenvalue weighted by atomic mass is 19.1. The number of hydrogen-bond acceptors (Lipinski definition) is 3. The lowest BCUT2D eigenvalue weighted by atomic mass is 10.1. The van der Waals surface area contributed by atoms with Gasteiger partial charge >= 0.3 is 0 Å². The Morgan fingerprint density at radius 3 is 2.55 bits per heavy atom. The van der Waals surface area contributed by atoms with E-state index in [9.17, 15) is 23.8 Å². The third kappa shape index (κ3) is 3.03. The molecular formula is C14H11F2NO3. The standard InChI is InChI=1S/C14H11F2NO3/c15-9-2-1-8(12(16)5-9)7-17-14(20)11-6-10(18)3-4-13(11)19/h1-6,18-19H,7H2,(H,17,20). The average molecular weight is 279 g/mol. The number of benzene rings is 2. The van der Waals surface area contributed by atoms with Crippen LogP contribution in [0.1, 0.15) is 15.9 Å². The van der Waals surface area contributed by atoms with E-state index < -0.39 is 17.5 Å². The fraction of sp³-hybridized carbons (Fsp3) is 0.0714. The van der Waals surface area contributed by atoms with E-state index in [4.69, 9.17) is 0 Å². The van der Waals surface area contributed by atoms with Gasteiger partial charge in [-0.05, 0) is 24.3 Å². The van der Waals surface area contributed by atoms with E-state index >= 15 is 0 Å². The minimum atomic E-state index is -0.773. The van der Waals surface area contributed by atoms with Crippen molar-refractivity contribution in [1.82, 2.24) is 5.32 Å². The molecule has 20 heavy (non-hydrogen) atoms. The van der Waals surface area contributed by atoms with E-state index in [0.29, 0.717) is 6.07 Å². The topological polar surface area (TPSA) is 69.6 Å². The molecule has 0 aromatic heterocycles. The SMILES string of the molecule is O=C(NCc1ccc(F)cc1F)c1cc(O)ccc1O. The van der Waals surface area contributed by atoms with Gasteiger partial charge in [-0.3, -0.25) is 4.79 Å². The maximum atomic E-state index is 13.4. The van der Waals surface area contributed by atoms with Crippen molar-refractivity contribution in [3.05, 3.63) is 59.2 Å². The Kier molecular flexibility index (Phi) is 3.84. The third-order valence-corrected chi connectivity index (χ3v) is 2.68. The molecule has 2 rings (SSSR count). The second kappa shape index (κ2) is 5.56. The summed E-state index contributed by atoms with van der Waals surface area (Å²) < 4.78 is 26.1. The molecule has 3 N–H and O–H groups in total. The van der Waals surface area contributed by atoms with Gasteiger partial charge in [0.1, 0.15) is 23.1 Å². The van der Waals surface area contributed by atoms with Gasteiger partial charge in [0.05, 0.1) is 5.56 Å². The zero-order chi connectivity index (χ0) is 14.7. The van der Waals surface area contributed by atoms with Gasteiger partial charge in [-0.2, -0.15) is 0 Å². The van der Waals surface area contributed by atoms with Gasteiger partial charge in [0.15, 0.2) is 0 Å². The van der Waals surface area contributed by atoms with Crippen LogP contribution in [0.5, 0.6) is 11.5 Å². The van der Waals surface area contributed by atoms with E-state index in [2.05, 4.69) is 5.32 Å². The highest BCUT2D eigenvalue weighted by Crippen LogP contribution is 2.22. The van der Waals surface area contributed by atoms with E-state index in [-0.39, 0.29) is 29.2 Å². The first kappa shape index (κ1) is 13.8. The number of phenolic OH excluding ortho intramolecular Hbond substituents is 2. The van der Waals surface area contributed by atoms with Crippen molar-refractivity contribution < 1.29 is 23.8 Å². The van der Waals surface area contributed by atoms with Crippen molar-refractivity contribution in [2.24, 2.45) is 0 Å². The number of rotatable bonds is 3. The molecule has 0 aliphatic heterocycles. The monoisotopic (exact) mass is 279 g/mol. The second-order valence-corrected chi connectivity index (χ2v) is 4.12. The minimum Gasteiger partial charge on any atom is -0.508 e. The number of nitrogens with one attached hydrogen (secondary N) is 1. The Morgan fingerprint density at radius 2 is 1.85 bits per heavy atom. The van der Waals surface area contributed by atoms with Crippen LogP contribution < -0.4 is 5.32 Å². The summed E-state index contributed by atoms with van der Waals surface area (Å²) in [5.74, 6) is -2.64. The zero-order valence-corrected chi connectivity index (χ0v) is 10.2. The number of aromatic hydroxyl groups is 2. The highest BCUT2D eigenvalue weighted by molar-refractivity contribution is 5.97. The third-order valence-electron chi connectivity index (χ3n) is 2.68. The first-order valence-corrected chi connectivity index (χ1v) is 5.71. The number of hydrogen-bond donors (Lipinski definition) is 3. The summed E-state index contributed by atoms with van der Waals surface area (Å²) in [5, 5.41) is 21.1. The lowest BCUT2D eigenvalue weighted by Crippen LogP contribution is -2.23. The van der Waals surface area contributed by atoms with Crippen LogP contribution in [0, 0.1) is 11.6 Å². The Bertz CT molecular complexity index is 659. The van der Waals surface area contributed by atoms with Crippen LogP contribution in [0.25, 0.3) is 0 Å². The summed E-state index contributed by atoms with van der Waals surface area (Å²) in [6.45, 7) is -0.167. The Morgan fingerprint density at radius 1 is 1.10 bits per heavy atom. The molecule has 0 bridgehead atoms. The van der Waals surface area contributed by atoms with Crippen molar-refractivity contribution in [2.45, 2.75) is 6.54 Å². The number of carbonyl (C=O) groups excluding carboxylic acids is 1. The molecular weight excluding hydrogens is 268 g/mol. The van der Waals surface area contributed by atoms with Crippen molar-refractivity contribution in [3.8, 4) is 11.5 Å². The molecule has 2 aromatic rings. The van der Waals surface area contributed by atoms with Crippen LogP contribution in [0.2, 0.25) is 0 Å². The Balaban J connectivity index is 2.10. The van der Waals surface area contributed by atoms with Crippen molar-refractivity contribution in [2.75, 3.05) is 0 Å². The molecule has 0 aliphatic carbocycles. The summed E-state index contributed by atoms with van der Waals surface area (Å²) in [6.07, 6.45) is 0. The van der Waals surface area contributed by atoms with E-state index in [1.807, 2.05) is 0 Å². The van der Waals surface area contributed by atoms with Gasteiger partial charge in [0.25, 0.3) is 5.91 Å². The fourth-order valence-corrected chi connectivity index (χ4v) is 1.64. The minimum absolute atomic E-state index is 0.111. The summed E-state index contributed by atoms with van der Waals surface area (Å²) >= 11 is 0. The van der Waals surface area contributed by atoms with Crippen LogP contribution >= 0.6 is 0 Å². The quantitative estimate of drug-likeness (QED) is 0.755.